The van der Waals surface area contributed by atoms with Crippen molar-refractivity contribution in [3.63, 3.8) is 0 Å². The summed E-state index contributed by atoms with van der Waals surface area (Å²) in [6.07, 6.45) is 2.92. The highest BCUT2D eigenvalue weighted by Crippen LogP contribution is 2.13. The van der Waals surface area contributed by atoms with Gasteiger partial charge in [-0.3, -0.25) is 9.78 Å². The molecule has 0 aliphatic rings. The van der Waals surface area contributed by atoms with Gasteiger partial charge in [-0.05, 0) is 41.9 Å². The van der Waals surface area contributed by atoms with E-state index in [2.05, 4.69) is 15.3 Å². The van der Waals surface area contributed by atoms with E-state index in [0.717, 1.165) is 7.48 Å². The molecule has 0 saturated carbocycles. The fraction of sp³-hybridized carbons (Fsp3) is 0.0556. The lowest BCUT2D eigenvalue weighted by atomic mass is 9.91. The van der Waals surface area contributed by atoms with E-state index >= 15 is 0 Å². The minimum Gasteiger partial charge on any atom is -0.471 e. The summed E-state index contributed by atoms with van der Waals surface area (Å²) >= 11 is 0. The standard InChI is InChI=1S/C18H14BFN3O3/c20-14-3-6-15(7-4-14)23-18(24)12-1-8-17(22-9-12)26-11-16-5-2-13(19-25)10-21-16/h1-10,25H,11H2,(H,23,24). The number of hydrogen-bond acceptors (Lipinski definition) is 5. The number of halogens is 1. The smallest absolute Gasteiger partial charge is 0.328 e. The normalized spacial score (nSPS) is 10.2. The zero-order chi connectivity index (χ0) is 18.4. The number of pyridine rings is 2. The molecule has 3 rings (SSSR count). The van der Waals surface area contributed by atoms with Crippen LogP contribution < -0.4 is 15.5 Å². The number of anilines is 1. The van der Waals surface area contributed by atoms with Crippen molar-refractivity contribution < 1.29 is 18.9 Å². The largest absolute Gasteiger partial charge is 0.471 e. The molecular formula is C18H14BFN3O3. The number of carbonyl (C=O) groups excluding carboxylic acids is 1. The minimum atomic E-state index is -0.371. The molecule has 1 aromatic carbocycles. The quantitative estimate of drug-likeness (QED) is 0.661. The molecule has 0 aliphatic carbocycles. The van der Waals surface area contributed by atoms with Crippen molar-refractivity contribution in [2.75, 3.05) is 5.32 Å². The predicted octanol–water partition coefficient (Wildman–Crippen LogP) is 1.68. The molecule has 3 aromatic rings. The lowest BCUT2D eigenvalue weighted by molar-refractivity contribution is 0.102. The van der Waals surface area contributed by atoms with Crippen LogP contribution in [-0.2, 0) is 6.61 Å². The van der Waals surface area contributed by atoms with E-state index in [1.54, 1.807) is 24.3 Å². The topological polar surface area (TPSA) is 84.3 Å². The van der Waals surface area contributed by atoms with Gasteiger partial charge in [-0.2, -0.15) is 0 Å². The van der Waals surface area contributed by atoms with E-state index < -0.39 is 0 Å². The van der Waals surface area contributed by atoms with Crippen molar-refractivity contribution >= 4 is 24.5 Å². The third-order valence-electron chi connectivity index (χ3n) is 3.47. The Kier molecular flexibility index (Phi) is 5.55. The van der Waals surface area contributed by atoms with Crippen LogP contribution in [0, 0.1) is 5.82 Å². The summed E-state index contributed by atoms with van der Waals surface area (Å²) in [5.41, 5.74) is 2.12. The lowest BCUT2D eigenvalue weighted by Gasteiger charge is -2.07. The highest BCUT2D eigenvalue weighted by molar-refractivity contribution is 6.45. The molecule has 1 radical (unpaired) electrons. The third-order valence-corrected chi connectivity index (χ3v) is 3.47. The molecular weight excluding hydrogens is 336 g/mol. The average Bonchev–Trinajstić information content (AvgIpc) is 2.69. The zero-order valence-electron chi connectivity index (χ0n) is 13.6. The van der Waals surface area contributed by atoms with E-state index in [1.807, 2.05) is 0 Å². The summed E-state index contributed by atoms with van der Waals surface area (Å²) in [7, 11) is 0.967. The third kappa shape index (κ3) is 4.64. The molecule has 0 aliphatic heterocycles. The summed E-state index contributed by atoms with van der Waals surface area (Å²) < 4.78 is 18.4. The van der Waals surface area contributed by atoms with Gasteiger partial charge >= 0.3 is 7.48 Å². The second kappa shape index (κ2) is 8.22. The Hall–Kier alpha value is -3.26. The summed E-state index contributed by atoms with van der Waals surface area (Å²) in [6.45, 7) is 0.208. The Bertz CT molecular complexity index is 872. The van der Waals surface area contributed by atoms with Crippen molar-refractivity contribution in [1.29, 1.82) is 0 Å². The van der Waals surface area contributed by atoms with Crippen molar-refractivity contribution in [2.45, 2.75) is 6.61 Å². The first-order valence-electron chi connectivity index (χ1n) is 7.72. The maximum atomic E-state index is 12.9. The molecule has 2 aromatic heterocycles. The first-order chi connectivity index (χ1) is 12.6. The van der Waals surface area contributed by atoms with Crippen molar-refractivity contribution in [2.24, 2.45) is 0 Å². The van der Waals surface area contributed by atoms with Gasteiger partial charge in [0.2, 0.25) is 5.88 Å². The fourth-order valence-electron chi connectivity index (χ4n) is 2.08. The molecule has 0 atom stereocenters. The lowest BCUT2D eigenvalue weighted by Crippen LogP contribution is -2.14. The van der Waals surface area contributed by atoms with Gasteiger partial charge in [-0.1, -0.05) is 6.07 Å². The highest BCUT2D eigenvalue weighted by Gasteiger charge is 2.08. The second-order valence-electron chi connectivity index (χ2n) is 5.35. The molecule has 0 saturated heterocycles. The molecule has 129 valence electrons. The van der Waals surface area contributed by atoms with Crippen LogP contribution in [0.4, 0.5) is 10.1 Å². The molecule has 1 amide bonds. The molecule has 0 fully saturated rings. The second-order valence-corrected chi connectivity index (χ2v) is 5.35. The maximum absolute atomic E-state index is 12.9. The molecule has 8 heteroatoms. The van der Waals surface area contributed by atoms with Crippen LogP contribution in [-0.4, -0.2) is 28.4 Å². The fourth-order valence-corrected chi connectivity index (χ4v) is 2.08. The molecule has 0 bridgehead atoms. The zero-order valence-corrected chi connectivity index (χ0v) is 13.6. The van der Waals surface area contributed by atoms with Crippen LogP contribution in [0.1, 0.15) is 16.1 Å². The van der Waals surface area contributed by atoms with Gasteiger partial charge in [0.1, 0.15) is 12.4 Å². The number of benzene rings is 1. The van der Waals surface area contributed by atoms with Crippen molar-refractivity contribution in [3.8, 4) is 5.88 Å². The van der Waals surface area contributed by atoms with E-state index in [4.69, 9.17) is 9.76 Å². The SMILES string of the molecule is O=C(Nc1ccc(F)cc1)c1ccc(OCc2ccc([B]O)cn2)nc1. The summed E-state index contributed by atoms with van der Waals surface area (Å²) in [5, 5.41) is 11.5. The van der Waals surface area contributed by atoms with Gasteiger partial charge in [-0.25, -0.2) is 9.37 Å². The van der Waals surface area contributed by atoms with E-state index in [0.29, 0.717) is 28.3 Å². The number of hydrogen-bond donors (Lipinski definition) is 2. The first-order valence-corrected chi connectivity index (χ1v) is 7.72. The van der Waals surface area contributed by atoms with Crippen LogP contribution in [0.3, 0.4) is 0 Å². The molecule has 0 spiro atoms. The summed E-state index contributed by atoms with van der Waals surface area (Å²) in [5.74, 6) is -0.374. The van der Waals surface area contributed by atoms with Gasteiger partial charge in [-0.15, -0.1) is 0 Å². The minimum absolute atomic E-state index is 0.208. The van der Waals surface area contributed by atoms with Gasteiger partial charge in [0, 0.05) is 24.1 Å². The number of carbonyl (C=O) groups is 1. The number of ether oxygens (including phenoxy) is 1. The number of aromatic nitrogens is 2. The van der Waals surface area contributed by atoms with Crippen LogP contribution in [0.2, 0.25) is 0 Å². The molecule has 2 heterocycles. The Labute approximate surface area is 150 Å². The number of amides is 1. The van der Waals surface area contributed by atoms with E-state index in [9.17, 15) is 9.18 Å². The van der Waals surface area contributed by atoms with Crippen LogP contribution >= 0.6 is 0 Å². The Morgan fingerprint density at radius 1 is 1.08 bits per heavy atom. The molecule has 6 nitrogen and oxygen atoms in total. The van der Waals surface area contributed by atoms with Gasteiger partial charge in [0.25, 0.3) is 5.91 Å². The number of nitrogens with one attached hydrogen (secondary N) is 1. The number of nitrogens with zero attached hydrogens (tertiary/aromatic N) is 2. The van der Waals surface area contributed by atoms with Gasteiger partial charge in [0.15, 0.2) is 0 Å². The Morgan fingerprint density at radius 2 is 1.88 bits per heavy atom. The summed E-state index contributed by atoms with van der Waals surface area (Å²) in [4.78, 5) is 20.3. The molecule has 2 N–H and O–H groups in total. The van der Waals surface area contributed by atoms with Crippen molar-refractivity contribution in [1.82, 2.24) is 9.97 Å². The monoisotopic (exact) mass is 350 g/mol. The summed E-state index contributed by atoms with van der Waals surface area (Å²) in [6, 6.07) is 12.1. The number of rotatable bonds is 6. The molecule has 0 unspecified atom stereocenters. The van der Waals surface area contributed by atoms with Gasteiger partial charge in [0.05, 0.1) is 11.3 Å². The van der Waals surface area contributed by atoms with E-state index in [-0.39, 0.29) is 18.3 Å². The molecule has 26 heavy (non-hydrogen) atoms. The predicted molar refractivity (Wildman–Crippen MR) is 94.8 cm³/mol. The maximum Gasteiger partial charge on any atom is 0.328 e. The van der Waals surface area contributed by atoms with Crippen LogP contribution in [0.15, 0.2) is 60.9 Å². The van der Waals surface area contributed by atoms with Crippen LogP contribution in [0.25, 0.3) is 0 Å². The van der Waals surface area contributed by atoms with E-state index in [1.165, 1.54) is 36.7 Å². The van der Waals surface area contributed by atoms with Gasteiger partial charge < -0.3 is 15.1 Å². The average molecular weight is 350 g/mol. The van der Waals surface area contributed by atoms with Crippen LogP contribution in [0.5, 0.6) is 5.88 Å². The Morgan fingerprint density at radius 3 is 2.50 bits per heavy atom. The van der Waals surface area contributed by atoms with Crippen molar-refractivity contribution in [3.05, 3.63) is 78.0 Å². The first kappa shape index (κ1) is 17.6. The Balaban J connectivity index is 1.56. The highest BCUT2D eigenvalue weighted by atomic mass is 19.1.